The molecule has 0 saturated carbocycles. The molecule has 0 unspecified atom stereocenters. The van der Waals surface area contributed by atoms with Crippen LogP contribution >= 0.6 is 11.3 Å². The van der Waals surface area contributed by atoms with E-state index in [1.165, 1.54) is 10.8 Å². The average Bonchev–Trinajstić information content (AvgIpc) is 2.88. The van der Waals surface area contributed by atoms with Crippen LogP contribution in [0.4, 0.5) is 15.8 Å². The normalized spacial score (nSPS) is 10.3. The summed E-state index contributed by atoms with van der Waals surface area (Å²) < 4.78 is 15.0. The third kappa shape index (κ3) is 2.28. The molecule has 0 bridgehead atoms. The van der Waals surface area contributed by atoms with Gasteiger partial charge in [0.2, 0.25) is 0 Å². The van der Waals surface area contributed by atoms with Gasteiger partial charge in [-0.15, -0.1) is 11.3 Å². The standard InChI is InChI=1S/C15H9FN2S/c16-13-7-10(9-17)1-3-14(13)18-12-2-4-15-11(8-12)5-6-19-15/h1-8,18H. The molecule has 2 nitrogen and oxygen atoms in total. The molecule has 1 heterocycles. The number of nitrogens with zero attached hydrogens (tertiary/aromatic N) is 1. The summed E-state index contributed by atoms with van der Waals surface area (Å²) in [6.45, 7) is 0. The second-order valence-electron chi connectivity index (χ2n) is 4.10. The molecule has 1 N–H and O–H groups in total. The number of anilines is 2. The molecule has 0 spiro atoms. The first-order valence-electron chi connectivity index (χ1n) is 5.70. The summed E-state index contributed by atoms with van der Waals surface area (Å²) in [5, 5.41) is 14.9. The van der Waals surface area contributed by atoms with Crippen molar-refractivity contribution in [1.82, 2.24) is 0 Å². The minimum absolute atomic E-state index is 0.316. The summed E-state index contributed by atoms with van der Waals surface area (Å²) in [6, 6.07) is 14.2. The van der Waals surface area contributed by atoms with Gasteiger partial charge < -0.3 is 5.32 Å². The van der Waals surface area contributed by atoms with Crippen molar-refractivity contribution >= 4 is 32.8 Å². The van der Waals surface area contributed by atoms with Gasteiger partial charge in [-0.1, -0.05) is 0 Å². The Morgan fingerprint density at radius 1 is 1.11 bits per heavy atom. The van der Waals surface area contributed by atoms with Gasteiger partial charge in [0.1, 0.15) is 5.82 Å². The van der Waals surface area contributed by atoms with Crippen LogP contribution in [-0.2, 0) is 0 Å². The van der Waals surface area contributed by atoms with E-state index in [9.17, 15) is 4.39 Å². The smallest absolute Gasteiger partial charge is 0.147 e. The predicted octanol–water partition coefficient (Wildman–Crippen LogP) is 4.66. The molecule has 4 heteroatoms. The van der Waals surface area contributed by atoms with Crippen molar-refractivity contribution in [1.29, 1.82) is 5.26 Å². The fourth-order valence-corrected chi connectivity index (χ4v) is 2.66. The van der Waals surface area contributed by atoms with E-state index in [0.717, 1.165) is 11.1 Å². The van der Waals surface area contributed by atoms with Gasteiger partial charge in [-0.25, -0.2) is 4.39 Å². The fraction of sp³-hybridized carbons (Fsp3) is 0. The highest BCUT2D eigenvalue weighted by Crippen LogP contribution is 2.27. The van der Waals surface area contributed by atoms with Crippen LogP contribution in [0.25, 0.3) is 10.1 Å². The first kappa shape index (κ1) is 11.7. The minimum Gasteiger partial charge on any atom is -0.353 e. The van der Waals surface area contributed by atoms with Crippen LogP contribution in [0.15, 0.2) is 47.8 Å². The number of nitrogens with one attached hydrogen (secondary N) is 1. The first-order valence-corrected chi connectivity index (χ1v) is 6.58. The summed E-state index contributed by atoms with van der Waals surface area (Å²) in [6.07, 6.45) is 0. The Balaban J connectivity index is 1.94. The van der Waals surface area contributed by atoms with E-state index in [-0.39, 0.29) is 0 Å². The summed E-state index contributed by atoms with van der Waals surface area (Å²) in [7, 11) is 0. The Morgan fingerprint density at radius 3 is 2.79 bits per heavy atom. The van der Waals surface area contributed by atoms with Crippen LogP contribution in [0.2, 0.25) is 0 Å². The van der Waals surface area contributed by atoms with Gasteiger partial charge in [0.05, 0.1) is 17.3 Å². The Labute approximate surface area is 113 Å². The average molecular weight is 268 g/mol. The van der Waals surface area contributed by atoms with Crippen molar-refractivity contribution < 1.29 is 4.39 Å². The summed E-state index contributed by atoms with van der Waals surface area (Å²) in [5.41, 5.74) is 1.51. The molecule has 92 valence electrons. The number of nitriles is 1. The third-order valence-electron chi connectivity index (χ3n) is 2.83. The van der Waals surface area contributed by atoms with Crippen LogP contribution in [0, 0.1) is 17.1 Å². The Kier molecular flexibility index (Phi) is 2.90. The zero-order chi connectivity index (χ0) is 13.2. The van der Waals surface area contributed by atoms with Crippen LogP contribution in [0.1, 0.15) is 5.56 Å². The summed E-state index contributed by atoms with van der Waals surface area (Å²) >= 11 is 1.67. The molecule has 0 aliphatic carbocycles. The molecule has 0 aliphatic rings. The molecule has 0 amide bonds. The SMILES string of the molecule is N#Cc1ccc(Nc2ccc3sccc3c2)c(F)c1. The number of thiophene rings is 1. The van der Waals surface area contributed by atoms with E-state index in [1.807, 2.05) is 35.7 Å². The van der Waals surface area contributed by atoms with Crippen molar-refractivity contribution in [3.63, 3.8) is 0 Å². The van der Waals surface area contributed by atoms with Crippen LogP contribution < -0.4 is 5.32 Å². The molecule has 1 aromatic heterocycles. The number of fused-ring (bicyclic) bond motifs is 1. The molecular formula is C15H9FN2S. The van der Waals surface area contributed by atoms with Gasteiger partial charge in [0, 0.05) is 10.4 Å². The molecule has 0 fully saturated rings. The maximum atomic E-state index is 13.8. The van der Waals surface area contributed by atoms with Gasteiger partial charge in [0.15, 0.2) is 0 Å². The van der Waals surface area contributed by atoms with Crippen molar-refractivity contribution in [2.45, 2.75) is 0 Å². The van der Waals surface area contributed by atoms with Crippen LogP contribution in [-0.4, -0.2) is 0 Å². The third-order valence-corrected chi connectivity index (χ3v) is 3.73. The Morgan fingerprint density at radius 2 is 2.00 bits per heavy atom. The van der Waals surface area contributed by atoms with E-state index < -0.39 is 5.82 Å². The number of hydrogen-bond donors (Lipinski definition) is 1. The number of halogens is 1. The molecule has 3 rings (SSSR count). The molecule has 0 atom stereocenters. The lowest BCUT2D eigenvalue weighted by Crippen LogP contribution is -1.94. The van der Waals surface area contributed by atoms with Crippen LogP contribution in [0.5, 0.6) is 0 Å². The van der Waals surface area contributed by atoms with E-state index in [0.29, 0.717) is 11.3 Å². The molecule has 0 radical (unpaired) electrons. The minimum atomic E-state index is -0.426. The molecular weight excluding hydrogens is 259 g/mol. The van der Waals surface area contributed by atoms with E-state index in [2.05, 4.69) is 5.32 Å². The number of benzene rings is 2. The number of rotatable bonds is 2. The maximum Gasteiger partial charge on any atom is 0.147 e. The van der Waals surface area contributed by atoms with Gasteiger partial charge in [-0.3, -0.25) is 0 Å². The monoisotopic (exact) mass is 268 g/mol. The molecule has 0 aliphatic heterocycles. The Bertz CT molecular complexity index is 786. The van der Waals surface area contributed by atoms with E-state index in [4.69, 9.17) is 5.26 Å². The lowest BCUT2D eigenvalue weighted by atomic mass is 10.2. The molecule has 2 aromatic carbocycles. The lowest BCUT2D eigenvalue weighted by molar-refractivity contribution is 0.631. The van der Waals surface area contributed by atoms with E-state index in [1.54, 1.807) is 23.5 Å². The highest BCUT2D eigenvalue weighted by molar-refractivity contribution is 7.17. The van der Waals surface area contributed by atoms with Gasteiger partial charge in [-0.2, -0.15) is 5.26 Å². The Hall–Kier alpha value is -2.38. The number of hydrogen-bond acceptors (Lipinski definition) is 3. The van der Waals surface area contributed by atoms with Crippen LogP contribution in [0.3, 0.4) is 0 Å². The van der Waals surface area contributed by atoms with Crippen molar-refractivity contribution in [2.24, 2.45) is 0 Å². The summed E-state index contributed by atoms with van der Waals surface area (Å²) in [4.78, 5) is 0. The van der Waals surface area contributed by atoms with Crippen molar-refractivity contribution in [3.8, 4) is 6.07 Å². The second-order valence-corrected chi connectivity index (χ2v) is 5.05. The fourth-order valence-electron chi connectivity index (χ4n) is 1.89. The van der Waals surface area contributed by atoms with Gasteiger partial charge >= 0.3 is 0 Å². The summed E-state index contributed by atoms with van der Waals surface area (Å²) in [5.74, 6) is -0.426. The quantitative estimate of drug-likeness (QED) is 0.734. The highest BCUT2D eigenvalue weighted by Gasteiger charge is 2.04. The van der Waals surface area contributed by atoms with Crippen molar-refractivity contribution in [3.05, 3.63) is 59.2 Å². The zero-order valence-electron chi connectivity index (χ0n) is 9.85. The predicted molar refractivity (Wildman–Crippen MR) is 76.2 cm³/mol. The molecule has 3 aromatic rings. The molecule has 19 heavy (non-hydrogen) atoms. The van der Waals surface area contributed by atoms with E-state index >= 15 is 0 Å². The second kappa shape index (κ2) is 4.71. The highest BCUT2D eigenvalue weighted by atomic mass is 32.1. The zero-order valence-corrected chi connectivity index (χ0v) is 10.7. The maximum absolute atomic E-state index is 13.8. The van der Waals surface area contributed by atoms with Crippen molar-refractivity contribution in [2.75, 3.05) is 5.32 Å². The topological polar surface area (TPSA) is 35.8 Å². The largest absolute Gasteiger partial charge is 0.353 e. The molecule has 0 saturated heterocycles. The van der Waals surface area contributed by atoms with Gasteiger partial charge in [-0.05, 0) is 53.2 Å². The first-order chi connectivity index (χ1) is 9.26. The lowest BCUT2D eigenvalue weighted by Gasteiger charge is -2.07. The van der Waals surface area contributed by atoms with Gasteiger partial charge in [0.25, 0.3) is 0 Å².